The summed E-state index contributed by atoms with van der Waals surface area (Å²) in [6.45, 7) is 4.44. The third-order valence-electron chi connectivity index (χ3n) is 3.87. The van der Waals surface area contributed by atoms with Gasteiger partial charge in [-0.1, -0.05) is 38.1 Å². The maximum atomic E-state index is 10.8. The molecule has 0 spiro atoms. The maximum absolute atomic E-state index is 10.8. The molecule has 0 amide bonds. The zero-order valence-electron chi connectivity index (χ0n) is 11.5. The van der Waals surface area contributed by atoms with E-state index in [0.717, 1.165) is 31.2 Å². The molecule has 1 saturated carbocycles. The summed E-state index contributed by atoms with van der Waals surface area (Å²) in [7, 11) is 0. The fourth-order valence-electron chi connectivity index (χ4n) is 3.02. The van der Waals surface area contributed by atoms with Gasteiger partial charge in [-0.2, -0.15) is 0 Å². The molecule has 2 rings (SSSR count). The zero-order valence-corrected chi connectivity index (χ0v) is 11.5. The van der Waals surface area contributed by atoms with E-state index in [1.807, 2.05) is 6.07 Å². The van der Waals surface area contributed by atoms with Gasteiger partial charge in [-0.05, 0) is 49.1 Å². The Morgan fingerprint density at radius 3 is 2.89 bits per heavy atom. The van der Waals surface area contributed by atoms with Crippen molar-refractivity contribution in [2.45, 2.75) is 57.6 Å². The molecular formula is C16H25NO. The van der Waals surface area contributed by atoms with Crippen molar-refractivity contribution in [3.05, 3.63) is 35.4 Å². The summed E-state index contributed by atoms with van der Waals surface area (Å²) in [5.41, 5.74) is 7.67. The molecule has 0 aromatic heterocycles. The van der Waals surface area contributed by atoms with Gasteiger partial charge in [0.2, 0.25) is 0 Å². The number of hydrogen-bond donors (Lipinski definition) is 2. The van der Waals surface area contributed by atoms with Crippen molar-refractivity contribution in [2.75, 3.05) is 0 Å². The van der Waals surface area contributed by atoms with Crippen molar-refractivity contribution < 1.29 is 5.11 Å². The van der Waals surface area contributed by atoms with E-state index in [1.54, 1.807) is 0 Å². The Kier molecular flexibility index (Phi) is 4.08. The minimum atomic E-state index is -0.704. The predicted octanol–water partition coefficient (Wildman–Crippen LogP) is 2.97. The van der Waals surface area contributed by atoms with Crippen molar-refractivity contribution in [3.8, 4) is 0 Å². The molecule has 18 heavy (non-hydrogen) atoms. The third-order valence-corrected chi connectivity index (χ3v) is 3.87. The van der Waals surface area contributed by atoms with Crippen molar-refractivity contribution in [1.29, 1.82) is 0 Å². The van der Waals surface area contributed by atoms with E-state index in [1.165, 1.54) is 5.56 Å². The van der Waals surface area contributed by atoms with E-state index in [4.69, 9.17) is 5.73 Å². The second kappa shape index (κ2) is 5.41. The van der Waals surface area contributed by atoms with E-state index in [0.29, 0.717) is 12.3 Å². The summed E-state index contributed by atoms with van der Waals surface area (Å²) in [5, 5.41) is 10.8. The van der Waals surface area contributed by atoms with E-state index < -0.39 is 5.60 Å². The molecule has 0 aliphatic heterocycles. The van der Waals surface area contributed by atoms with Crippen LogP contribution in [0.4, 0.5) is 0 Å². The molecule has 1 aliphatic carbocycles. The van der Waals surface area contributed by atoms with Crippen LogP contribution in [0.2, 0.25) is 0 Å². The SMILES string of the molecule is CC(C)Cc1cccc(C2(O)CCCC(N)C2)c1. The minimum absolute atomic E-state index is 0.137. The molecular weight excluding hydrogens is 222 g/mol. The molecule has 2 unspecified atom stereocenters. The predicted molar refractivity (Wildman–Crippen MR) is 75.3 cm³/mol. The first-order valence-corrected chi connectivity index (χ1v) is 7.07. The molecule has 1 aromatic carbocycles. The van der Waals surface area contributed by atoms with Crippen molar-refractivity contribution >= 4 is 0 Å². The van der Waals surface area contributed by atoms with Crippen LogP contribution in [0.5, 0.6) is 0 Å². The molecule has 2 atom stereocenters. The maximum Gasteiger partial charge on any atom is 0.0911 e. The van der Waals surface area contributed by atoms with Crippen LogP contribution in [0.25, 0.3) is 0 Å². The molecule has 2 heteroatoms. The Labute approximate surface area is 110 Å². The van der Waals surface area contributed by atoms with Crippen LogP contribution >= 0.6 is 0 Å². The Balaban J connectivity index is 2.21. The first-order chi connectivity index (χ1) is 8.49. The van der Waals surface area contributed by atoms with Crippen LogP contribution in [-0.2, 0) is 12.0 Å². The molecule has 1 aromatic rings. The van der Waals surface area contributed by atoms with Crippen LogP contribution in [0, 0.1) is 5.92 Å². The van der Waals surface area contributed by atoms with Crippen molar-refractivity contribution in [1.82, 2.24) is 0 Å². The normalized spacial score (nSPS) is 28.6. The minimum Gasteiger partial charge on any atom is -0.385 e. The van der Waals surface area contributed by atoms with Gasteiger partial charge in [0.25, 0.3) is 0 Å². The Morgan fingerprint density at radius 2 is 2.22 bits per heavy atom. The van der Waals surface area contributed by atoms with Gasteiger partial charge in [0, 0.05) is 6.04 Å². The van der Waals surface area contributed by atoms with E-state index in [-0.39, 0.29) is 6.04 Å². The lowest BCUT2D eigenvalue weighted by Gasteiger charge is -2.36. The number of aliphatic hydroxyl groups is 1. The first-order valence-electron chi connectivity index (χ1n) is 7.07. The molecule has 100 valence electrons. The Morgan fingerprint density at radius 1 is 1.44 bits per heavy atom. The van der Waals surface area contributed by atoms with E-state index >= 15 is 0 Å². The molecule has 2 nitrogen and oxygen atoms in total. The zero-order chi connectivity index (χ0) is 13.2. The second-order valence-electron chi connectivity index (χ2n) is 6.19. The van der Waals surface area contributed by atoms with Gasteiger partial charge in [-0.25, -0.2) is 0 Å². The molecule has 1 aliphatic rings. The van der Waals surface area contributed by atoms with Gasteiger partial charge >= 0.3 is 0 Å². The van der Waals surface area contributed by atoms with Crippen molar-refractivity contribution in [3.63, 3.8) is 0 Å². The average Bonchev–Trinajstić information content (AvgIpc) is 2.28. The largest absolute Gasteiger partial charge is 0.385 e. The monoisotopic (exact) mass is 247 g/mol. The standard InChI is InChI=1S/C16H25NO/c1-12(2)9-13-5-3-6-14(10-13)16(18)8-4-7-15(17)11-16/h3,5-6,10,12,15,18H,4,7-9,11,17H2,1-2H3. The topological polar surface area (TPSA) is 46.2 Å². The quantitative estimate of drug-likeness (QED) is 0.862. The summed E-state index contributed by atoms with van der Waals surface area (Å²) in [6.07, 6.45) is 4.65. The van der Waals surface area contributed by atoms with Crippen molar-refractivity contribution in [2.24, 2.45) is 11.7 Å². The molecule has 0 radical (unpaired) electrons. The summed E-state index contributed by atoms with van der Waals surface area (Å²) in [6, 6.07) is 8.55. The molecule has 0 saturated heterocycles. The van der Waals surface area contributed by atoms with Gasteiger partial charge in [-0.3, -0.25) is 0 Å². The van der Waals surface area contributed by atoms with Gasteiger partial charge in [0.15, 0.2) is 0 Å². The fraction of sp³-hybridized carbons (Fsp3) is 0.625. The lowest BCUT2D eigenvalue weighted by atomic mass is 9.77. The first kappa shape index (κ1) is 13.6. The van der Waals surface area contributed by atoms with Gasteiger partial charge in [0.05, 0.1) is 5.60 Å². The smallest absolute Gasteiger partial charge is 0.0911 e. The highest BCUT2D eigenvalue weighted by Gasteiger charge is 2.34. The number of hydrogen-bond acceptors (Lipinski definition) is 2. The van der Waals surface area contributed by atoms with E-state index in [2.05, 4.69) is 32.0 Å². The highest BCUT2D eigenvalue weighted by molar-refractivity contribution is 5.29. The molecule has 0 bridgehead atoms. The lowest BCUT2D eigenvalue weighted by molar-refractivity contribution is -0.00723. The number of rotatable bonds is 3. The van der Waals surface area contributed by atoms with Crippen LogP contribution in [0.1, 0.15) is 50.7 Å². The number of benzene rings is 1. The highest BCUT2D eigenvalue weighted by atomic mass is 16.3. The summed E-state index contributed by atoms with van der Waals surface area (Å²) in [5.74, 6) is 0.642. The Bertz CT molecular complexity index is 402. The lowest BCUT2D eigenvalue weighted by Crippen LogP contribution is -2.39. The highest BCUT2D eigenvalue weighted by Crippen LogP contribution is 2.36. The summed E-state index contributed by atoms with van der Waals surface area (Å²) in [4.78, 5) is 0. The Hall–Kier alpha value is -0.860. The summed E-state index contributed by atoms with van der Waals surface area (Å²) < 4.78 is 0. The van der Waals surface area contributed by atoms with Crippen LogP contribution in [0.15, 0.2) is 24.3 Å². The van der Waals surface area contributed by atoms with Gasteiger partial charge < -0.3 is 10.8 Å². The van der Waals surface area contributed by atoms with Gasteiger partial charge in [-0.15, -0.1) is 0 Å². The van der Waals surface area contributed by atoms with Crippen LogP contribution < -0.4 is 5.73 Å². The molecule has 1 fully saturated rings. The van der Waals surface area contributed by atoms with Gasteiger partial charge in [0.1, 0.15) is 0 Å². The second-order valence-corrected chi connectivity index (χ2v) is 6.19. The van der Waals surface area contributed by atoms with Crippen LogP contribution in [-0.4, -0.2) is 11.1 Å². The van der Waals surface area contributed by atoms with Crippen LogP contribution in [0.3, 0.4) is 0 Å². The summed E-state index contributed by atoms with van der Waals surface area (Å²) >= 11 is 0. The fourth-order valence-corrected chi connectivity index (χ4v) is 3.02. The molecule has 0 heterocycles. The molecule has 3 N–H and O–H groups in total. The number of nitrogens with two attached hydrogens (primary N) is 1. The average molecular weight is 247 g/mol. The van der Waals surface area contributed by atoms with E-state index in [9.17, 15) is 5.11 Å². The third kappa shape index (κ3) is 3.12.